The summed E-state index contributed by atoms with van der Waals surface area (Å²) < 4.78 is 0. The van der Waals surface area contributed by atoms with Gasteiger partial charge in [0.25, 0.3) is 0 Å². The molecule has 0 bridgehead atoms. The van der Waals surface area contributed by atoms with Crippen LogP contribution >= 0.6 is 35.0 Å². The first kappa shape index (κ1) is 28.5. The monoisotopic (exact) mass is 538 g/mol. The van der Waals surface area contributed by atoms with Gasteiger partial charge >= 0.3 is 0 Å². The Balaban J connectivity index is 1.25. The van der Waals surface area contributed by atoms with Gasteiger partial charge < -0.3 is 20.4 Å². The van der Waals surface area contributed by atoms with Crippen molar-refractivity contribution in [3.8, 4) is 11.5 Å². The second kappa shape index (κ2) is 15.2. The highest BCUT2D eigenvalue weighted by Crippen LogP contribution is 2.37. The third kappa shape index (κ3) is 8.75. The summed E-state index contributed by atoms with van der Waals surface area (Å²) in [6.45, 7) is 6.62. The van der Waals surface area contributed by atoms with E-state index < -0.39 is 0 Å². The topological polar surface area (TPSA) is 55.7 Å². The van der Waals surface area contributed by atoms with Gasteiger partial charge in [0.2, 0.25) is 0 Å². The van der Waals surface area contributed by atoms with Crippen LogP contribution in [0.2, 0.25) is 10.0 Å². The van der Waals surface area contributed by atoms with Crippen LogP contribution in [0, 0.1) is 0 Å². The third-order valence-electron chi connectivity index (χ3n) is 6.78. The van der Waals surface area contributed by atoms with E-state index in [1.807, 2.05) is 24.3 Å². The highest BCUT2D eigenvalue weighted by molar-refractivity contribution is 7.99. The summed E-state index contributed by atoms with van der Waals surface area (Å²) in [6.07, 6.45) is 10.1. The average Bonchev–Trinajstić information content (AvgIpc) is 2.85. The van der Waals surface area contributed by atoms with Gasteiger partial charge in [-0.1, -0.05) is 55.1 Å². The third-order valence-corrected chi connectivity index (χ3v) is 8.86. The molecule has 2 aromatic carbocycles. The molecule has 3 N–H and O–H groups in total. The van der Waals surface area contributed by atoms with E-state index in [4.69, 9.17) is 23.2 Å². The predicted molar refractivity (Wildman–Crippen MR) is 151 cm³/mol. The molecule has 0 spiro atoms. The summed E-state index contributed by atoms with van der Waals surface area (Å²) in [5, 5.41) is 25.0. The Morgan fingerprint density at radius 1 is 0.971 bits per heavy atom. The van der Waals surface area contributed by atoms with Gasteiger partial charge in [-0.05, 0) is 101 Å². The normalized spacial score (nSPS) is 15.5. The van der Waals surface area contributed by atoms with Crippen molar-refractivity contribution in [3.05, 3.63) is 51.5 Å². The highest BCUT2D eigenvalue weighted by Gasteiger charge is 2.26. The average molecular weight is 540 g/mol. The number of halogens is 2. The van der Waals surface area contributed by atoms with Gasteiger partial charge in [-0.15, -0.1) is 11.8 Å². The molecule has 194 valence electrons. The summed E-state index contributed by atoms with van der Waals surface area (Å²) in [5.41, 5.74) is 2.13. The molecule has 3 rings (SSSR count). The smallest absolute Gasteiger partial charge is 0.160 e. The van der Waals surface area contributed by atoms with Crippen molar-refractivity contribution in [3.63, 3.8) is 0 Å². The zero-order valence-electron chi connectivity index (χ0n) is 20.9. The number of thioether (sulfide) groups is 1. The maximum absolute atomic E-state index is 10.2. The summed E-state index contributed by atoms with van der Waals surface area (Å²) in [4.78, 5) is 3.64. The van der Waals surface area contributed by atoms with E-state index in [9.17, 15) is 10.2 Å². The fraction of sp³-hybridized carbons (Fsp3) is 0.571. The molecule has 35 heavy (non-hydrogen) atoms. The molecule has 1 aliphatic rings. The van der Waals surface area contributed by atoms with Gasteiger partial charge in [-0.3, -0.25) is 0 Å². The van der Waals surface area contributed by atoms with Gasteiger partial charge in [0.05, 0.1) is 10.0 Å². The largest absolute Gasteiger partial charge is 0.504 e. The highest BCUT2D eigenvalue weighted by atomic mass is 35.5. The van der Waals surface area contributed by atoms with Crippen molar-refractivity contribution >= 4 is 35.0 Å². The van der Waals surface area contributed by atoms with Crippen LogP contribution in [-0.4, -0.2) is 53.1 Å². The van der Waals surface area contributed by atoms with Crippen molar-refractivity contribution in [2.45, 2.75) is 75.6 Å². The van der Waals surface area contributed by atoms with Crippen LogP contribution in [0.25, 0.3) is 0 Å². The van der Waals surface area contributed by atoms with E-state index in [0.29, 0.717) is 6.04 Å². The summed E-state index contributed by atoms with van der Waals surface area (Å²) in [5.74, 6) is 1.10. The number of hydrogen-bond donors (Lipinski definition) is 3. The standard InChI is InChI=1S/C28H40Cl2N2O2S/c1-2-17-32(22-12-13-23-21(20-22)11-14-26(33)27(23)34)18-6-4-3-5-15-31-16-8-19-35-28-24(29)9-7-10-25(28)30/h7,9-11,14,22,31,33-34H,2-6,8,12-13,15-20H2,1H3. The number of nitrogens with one attached hydrogen (secondary N) is 1. The van der Waals surface area contributed by atoms with E-state index in [-0.39, 0.29) is 11.5 Å². The van der Waals surface area contributed by atoms with Crippen molar-refractivity contribution in [2.24, 2.45) is 0 Å². The number of benzene rings is 2. The number of rotatable bonds is 15. The number of fused-ring (bicyclic) bond motifs is 1. The lowest BCUT2D eigenvalue weighted by Gasteiger charge is -2.35. The zero-order valence-corrected chi connectivity index (χ0v) is 23.2. The molecule has 0 saturated heterocycles. The molecule has 4 nitrogen and oxygen atoms in total. The van der Waals surface area contributed by atoms with E-state index in [1.54, 1.807) is 17.8 Å². The Morgan fingerprint density at radius 3 is 2.49 bits per heavy atom. The Morgan fingerprint density at radius 2 is 1.71 bits per heavy atom. The maximum Gasteiger partial charge on any atom is 0.160 e. The summed E-state index contributed by atoms with van der Waals surface area (Å²) in [7, 11) is 0. The molecule has 2 aromatic rings. The number of phenols is 2. The molecule has 0 heterocycles. The summed E-state index contributed by atoms with van der Waals surface area (Å²) in [6, 6.07) is 9.81. The fourth-order valence-electron chi connectivity index (χ4n) is 4.91. The van der Waals surface area contributed by atoms with Crippen molar-refractivity contribution < 1.29 is 10.2 Å². The van der Waals surface area contributed by atoms with Crippen LogP contribution in [0.15, 0.2) is 35.2 Å². The lowest BCUT2D eigenvalue weighted by molar-refractivity contribution is 0.175. The maximum atomic E-state index is 10.2. The number of aromatic hydroxyl groups is 2. The van der Waals surface area contributed by atoms with E-state index in [1.165, 1.54) is 31.2 Å². The Kier molecular flexibility index (Phi) is 12.4. The number of nitrogens with zero attached hydrogens (tertiary/aromatic N) is 1. The molecule has 1 aliphatic carbocycles. The lowest BCUT2D eigenvalue weighted by Crippen LogP contribution is -2.40. The van der Waals surface area contributed by atoms with Crippen LogP contribution in [0.1, 0.15) is 63.0 Å². The van der Waals surface area contributed by atoms with Gasteiger partial charge in [-0.2, -0.15) is 0 Å². The van der Waals surface area contributed by atoms with Crippen molar-refractivity contribution in [1.29, 1.82) is 0 Å². The first-order valence-corrected chi connectivity index (χ1v) is 14.8. The molecule has 1 atom stereocenters. The Labute approximate surface area is 225 Å². The molecular formula is C28H40Cl2N2O2S. The minimum atomic E-state index is 0.00278. The molecular weight excluding hydrogens is 499 g/mol. The number of phenolic OH excluding ortho intramolecular Hbond substituents is 2. The first-order chi connectivity index (χ1) is 17.0. The fourth-order valence-corrected chi connectivity index (χ4v) is 6.54. The number of unbranched alkanes of at least 4 members (excludes halogenated alkanes) is 3. The second-order valence-corrected chi connectivity index (χ2v) is 11.3. The van der Waals surface area contributed by atoms with Crippen molar-refractivity contribution in [2.75, 3.05) is 31.9 Å². The second-order valence-electron chi connectivity index (χ2n) is 9.42. The molecule has 0 amide bonds. The molecule has 0 fully saturated rings. The molecule has 7 heteroatoms. The Hall–Kier alpha value is -1.11. The van der Waals surface area contributed by atoms with E-state index in [2.05, 4.69) is 17.1 Å². The Bertz CT molecular complexity index is 908. The van der Waals surface area contributed by atoms with Gasteiger partial charge in [-0.25, -0.2) is 0 Å². The zero-order chi connectivity index (χ0) is 25.0. The van der Waals surface area contributed by atoms with Crippen LogP contribution in [-0.2, 0) is 12.8 Å². The van der Waals surface area contributed by atoms with Crippen LogP contribution in [0.4, 0.5) is 0 Å². The molecule has 1 unspecified atom stereocenters. The molecule has 0 aromatic heterocycles. The SMILES string of the molecule is CCCN(CCCCCCNCCCSc1c(Cl)cccc1Cl)C1CCc2c(ccc(O)c2O)C1. The summed E-state index contributed by atoms with van der Waals surface area (Å²) >= 11 is 14.2. The predicted octanol–water partition coefficient (Wildman–Crippen LogP) is 7.31. The van der Waals surface area contributed by atoms with Crippen molar-refractivity contribution in [1.82, 2.24) is 10.2 Å². The minimum absolute atomic E-state index is 0.00278. The molecule has 0 aliphatic heterocycles. The quantitative estimate of drug-likeness (QED) is 0.126. The van der Waals surface area contributed by atoms with Crippen LogP contribution in [0.3, 0.4) is 0 Å². The minimum Gasteiger partial charge on any atom is -0.504 e. The van der Waals surface area contributed by atoms with Crippen LogP contribution in [0.5, 0.6) is 11.5 Å². The first-order valence-electron chi connectivity index (χ1n) is 13.1. The molecule has 0 radical (unpaired) electrons. The molecule has 0 saturated carbocycles. The van der Waals surface area contributed by atoms with E-state index >= 15 is 0 Å². The van der Waals surface area contributed by atoms with Gasteiger partial charge in [0, 0.05) is 16.5 Å². The number of hydrogen-bond acceptors (Lipinski definition) is 5. The van der Waals surface area contributed by atoms with E-state index in [0.717, 1.165) is 84.5 Å². The van der Waals surface area contributed by atoms with Crippen LogP contribution < -0.4 is 5.32 Å². The van der Waals surface area contributed by atoms with Gasteiger partial charge in [0.15, 0.2) is 11.5 Å². The lowest BCUT2D eigenvalue weighted by atomic mass is 9.86. The van der Waals surface area contributed by atoms with Gasteiger partial charge in [0.1, 0.15) is 0 Å².